The summed E-state index contributed by atoms with van der Waals surface area (Å²) in [4.78, 5) is 10.7. The summed E-state index contributed by atoms with van der Waals surface area (Å²) in [6.07, 6.45) is 3.07. The molecular weight excluding hydrogens is 256 g/mol. The highest BCUT2D eigenvalue weighted by molar-refractivity contribution is 5.48. The zero-order chi connectivity index (χ0) is 14.7. The molecule has 0 radical (unpaired) electrons. The lowest BCUT2D eigenvalue weighted by Crippen LogP contribution is -2.29. The van der Waals surface area contributed by atoms with Crippen molar-refractivity contribution in [1.82, 2.24) is 0 Å². The smallest absolute Gasteiger partial charge is 0.310 e. The van der Waals surface area contributed by atoms with Crippen LogP contribution in [0.25, 0.3) is 0 Å². The number of nitro groups is 1. The molecule has 0 bridgehead atoms. The number of rotatable bonds is 4. The van der Waals surface area contributed by atoms with Crippen LogP contribution in [0.1, 0.15) is 38.7 Å². The normalized spacial score (nSPS) is 26.2. The lowest BCUT2D eigenvalue weighted by atomic mass is 9.80. The van der Waals surface area contributed by atoms with Gasteiger partial charge in [0.25, 0.3) is 0 Å². The van der Waals surface area contributed by atoms with Gasteiger partial charge in [-0.15, -0.1) is 0 Å². The molecule has 1 fully saturated rings. The number of benzene rings is 1. The molecule has 0 amide bonds. The average Bonchev–Trinajstić information content (AvgIpc) is 2.42. The fourth-order valence-corrected chi connectivity index (χ4v) is 2.72. The second-order valence-corrected chi connectivity index (χ2v) is 5.77. The molecule has 1 aliphatic carbocycles. The minimum atomic E-state index is -0.398. The van der Waals surface area contributed by atoms with Crippen LogP contribution in [0.3, 0.4) is 0 Å². The van der Waals surface area contributed by atoms with Crippen LogP contribution < -0.4 is 10.5 Å². The van der Waals surface area contributed by atoms with Crippen LogP contribution in [0.4, 0.5) is 5.69 Å². The number of nitrogens with zero attached hydrogens (tertiary/aromatic N) is 1. The molecule has 2 N–H and O–H groups in total. The quantitative estimate of drug-likeness (QED) is 0.677. The largest absolute Gasteiger partial charge is 0.483 e. The lowest BCUT2D eigenvalue weighted by molar-refractivity contribution is -0.386. The van der Waals surface area contributed by atoms with Crippen molar-refractivity contribution in [2.45, 2.75) is 45.8 Å². The van der Waals surface area contributed by atoms with Crippen molar-refractivity contribution in [1.29, 1.82) is 0 Å². The Labute approximate surface area is 119 Å². The van der Waals surface area contributed by atoms with Gasteiger partial charge in [-0.05, 0) is 42.7 Å². The van der Waals surface area contributed by atoms with Crippen LogP contribution in [0.5, 0.6) is 5.75 Å². The summed E-state index contributed by atoms with van der Waals surface area (Å²) >= 11 is 0. The molecule has 0 saturated heterocycles. The molecule has 20 heavy (non-hydrogen) atoms. The lowest BCUT2D eigenvalue weighted by Gasteiger charge is -2.32. The summed E-state index contributed by atoms with van der Waals surface area (Å²) in [5.41, 5.74) is 6.46. The summed E-state index contributed by atoms with van der Waals surface area (Å²) in [5, 5.41) is 11.1. The maximum absolute atomic E-state index is 11.1. The van der Waals surface area contributed by atoms with Gasteiger partial charge in [0, 0.05) is 12.6 Å². The van der Waals surface area contributed by atoms with E-state index in [9.17, 15) is 10.1 Å². The fraction of sp³-hybridized carbons (Fsp3) is 0.600. The summed E-state index contributed by atoms with van der Waals surface area (Å²) in [7, 11) is 0. The van der Waals surface area contributed by atoms with Gasteiger partial charge in [-0.2, -0.15) is 0 Å². The van der Waals surface area contributed by atoms with E-state index < -0.39 is 4.92 Å². The maximum atomic E-state index is 11.1. The van der Waals surface area contributed by atoms with Crippen LogP contribution in [0.2, 0.25) is 0 Å². The molecule has 1 aromatic rings. The van der Waals surface area contributed by atoms with E-state index >= 15 is 0 Å². The molecule has 1 aromatic carbocycles. The molecule has 0 aliphatic heterocycles. The highest BCUT2D eigenvalue weighted by atomic mass is 16.6. The first kappa shape index (κ1) is 14.8. The summed E-state index contributed by atoms with van der Waals surface area (Å²) in [6.45, 7) is 4.82. The van der Waals surface area contributed by atoms with Crippen molar-refractivity contribution in [2.75, 3.05) is 0 Å². The number of nitrogens with two attached hydrogens (primary N) is 1. The van der Waals surface area contributed by atoms with E-state index in [0.29, 0.717) is 24.1 Å². The molecule has 1 aliphatic rings. The van der Waals surface area contributed by atoms with E-state index in [1.54, 1.807) is 12.1 Å². The third-order valence-corrected chi connectivity index (χ3v) is 4.30. The van der Waals surface area contributed by atoms with Gasteiger partial charge in [-0.25, -0.2) is 0 Å². The first-order chi connectivity index (χ1) is 9.51. The van der Waals surface area contributed by atoms with E-state index in [1.807, 2.05) is 0 Å². The number of hydrogen-bond acceptors (Lipinski definition) is 4. The van der Waals surface area contributed by atoms with Crippen LogP contribution in [-0.2, 0) is 6.54 Å². The number of ether oxygens (including phenoxy) is 1. The van der Waals surface area contributed by atoms with E-state index in [4.69, 9.17) is 10.5 Å². The molecule has 110 valence electrons. The van der Waals surface area contributed by atoms with Gasteiger partial charge in [0.15, 0.2) is 5.75 Å². The van der Waals surface area contributed by atoms with Gasteiger partial charge in [0.05, 0.1) is 11.0 Å². The predicted octanol–water partition coefficient (Wildman–Crippen LogP) is 3.26. The standard InChI is InChI=1S/C15H22N2O3/c1-10-3-5-13(7-11(10)2)20-15-8-12(9-16)4-6-14(15)17(18)19/h4,6,8,10-11,13H,3,5,7,9,16H2,1-2H3. The molecule has 2 rings (SSSR count). The van der Waals surface area contributed by atoms with E-state index in [2.05, 4.69) is 13.8 Å². The van der Waals surface area contributed by atoms with Gasteiger partial charge in [-0.3, -0.25) is 10.1 Å². The Bertz CT molecular complexity index is 490. The second-order valence-electron chi connectivity index (χ2n) is 5.77. The summed E-state index contributed by atoms with van der Waals surface area (Å²) in [6, 6.07) is 4.85. The monoisotopic (exact) mass is 278 g/mol. The molecule has 5 nitrogen and oxygen atoms in total. The van der Waals surface area contributed by atoms with E-state index in [-0.39, 0.29) is 11.8 Å². The van der Waals surface area contributed by atoms with E-state index in [1.165, 1.54) is 6.07 Å². The number of nitro benzene ring substituents is 1. The third-order valence-electron chi connectivity index (χ3n) is 4.30. The molecular formula is C15H22N2O3. The predicted molar refractivity (Wildman–Crippen MR) is 77.6 cm³/mol. The average molecular weight is 278 g/mol. The molecule has 0 spiro atoms. The van der Waals surface area contributed by atoms with Crippen LogP contribution in [0, 0.1) is 22.0 Å². The summed E-state index contributed by atoms with van der Waals surface area (Å²) < 4.78 is 5.91. The van der Waals surface area contributed by atoms with Gasteiger partial charge in [0.1, 0.15) is 0 Å². The first-order valence-corrected chi connectivity index (χ1v) is 7.15. The first-order valence-electron chi connectivity index (χ1n) is 7.15. The highest BCUT2D eigenvalue weighted by Crippen LogP contribution is 2.35. The van der Waals surface area contributed by atoms with Crippen molar-refractivity contribution < 1.29 is 9.66 Å². The van der Waals surface area contributed by atoms with Crippen molar-refractivity contribution in [3.63, 3.8) is 0 Å². The van der Waals surface area contributed by atoms with Crippen molar-refractivity contribution in [3.8, 4) is 5.75 Å². The highest BCUT2D eigenvalue weighted by Gasteiger charge is 2.27. The second kappa shape index (κ2) is 6.22. The minimum Gasteiger partial charge on any atom is -0.483 e. The van der Waals surface area contributed by atoms with Crippen molar-refractivity contribution in [3.05, 3.63) is 33.9 Å². The molecule has 5 heteroatoms. The van der Waals surface area contributed by atoms with Gasteiger partial charge >= 0.3 is 5.69 Å². The van der Waals surface area contributed by atoms with Crippen LogP contribution >= 0.6 is 0 Å². The molecule has 1 saturated carbocycles. The molecule has 3 unspecified atom stereocenters. The van der Waals surface area contributed by atoms with Crippen LogP contribution in [-0.4, -0.2) is 11.0 Å². The Hall–Kier alpha value is -1.62. The Balaban J connectivity index is 2.17. The Morgan fingerprint density at radius 2 is 2.10 bits per heavy atom. The Morgan fingerprint density at radius 1 is 1.35 bits per heavy atom. The Kier molecular flexibility index (Phi) is 4.60. The van der Waals surface area contributed by atoms with Crippen LogP contribution in [0.15, 0.2) is 18.2 Å². The van der Waals surface area contributed by atoms with Crippen molar-refractivity contribution in [2.24, 2.45) is 17.6 Å². The SMILES string of the molecule is CC1CCC(Oc2cc(CN)ccc2[N+](=O)[O-])CC1C. The zero-order valence-electron chi connectivity index (χ0n) is 12.0. The van der Waals surface area contributed by atoms with Gasteiger partial charge in [0.2, 0.25) is 0 Å². The minimum absolute atomic E-state index is 0.0217. The fourth-order valence-electron chi connectivity index (χ4n) is 2.72. The molecule has 0 heterocycles. The molecule has 0 aromatic heterocycles. The zero-order valence-corrected chi connectivity index (χ0v) is 12.0. The number of hydrogen-bond donors (Lipinski definition) is 1. The summed E-state index contributed by atoms with van der Waals surface area (Å²) in [5.74, 6) is 1.63. The van der Waals surface area contributed by atoms with Gasteiger partial charge in [-0.1, -0.05) is 19.9 Å². The third kappa shape index (κ3) is 3.28. The maximum Gasteiger partial charge on any atom is 0.310 e. The van der Waals surface area contributed by atoms with E-state index in [0.717, 1.165) is 24.8 Å². The van der Waals surface area contributed by atoms with Crippen molar-refractivity contribution >= 4 is 5.69 Å². The Morgan fingerprint density at radius 3 is 2.70 bits per heavy atom. The topological polar surface area (TPSA) is 78.4 Å². The van der Waals surface area contributed by atoms with Gasteiger partial charge < -0.3 is 10.5 Å². The molecule has 3 atom stereocenters.